The molecule has 8 rings (SSSR count). The van der Waals surface area contributed by atoms with Gasteiger partial charge in [-0.2, -0.15) is 0 Å². The average Bonchev–Trinajstić information content (AvgIpc) is 3.51. The number of nitrogens with one attached hydrogen (secondary N) is 2. The number of benzene rings is 1. The predicted molar refractivity (Wildman–Crippen MR) is 137 cm³/mol. The zero-order chi connectivity index (χ0) is 24.3. The number of para-hydroxylation sites is 1. The summed E-state index contributed by atoms with van der Waals surface area (Å²) in [6.45, 7) is 0.530. The molecule has 190 valence electrons. The van der Waals surface area contributed by atoms with Crippen LogP contribution in [0.5, 0.6) is 0 Å². The lowest BCUT2D eigenvalue weighted by atomic mass is 9.54. The molecular formula is C29H36N4O3. The zero-order valence-corrected chi connectivity index (χ0v) is 21.1. The van der Waals surface area contributed by atoms with Gasteiger partial charge in [-0.25, -0.2) is 14.8 Å². The summed E-state index contributed by atoms with van der Waals surface area (Å²) in [5, 5.41) is 0. The van der Waals surface area contributed by atoms with Gasteiger partial charge in [0.15, 0.2) is 5.82 Å². The van der Waals surface area contributed by atoms with Crippen molar-refractivity contribution in [1.82, 2.24) is 19.9 Å². The molecule has 1 aromatic carbocycles. The van der Waals surface area contributed by atoms with Crippen LogP contribution in [0, 0.1) is 17.8 Å². The smallest absolute Gasteiger partial charge is 0.340 e. The molecule has 0 atom stereocenters. The summed E-state index contributed by atoms with van der Waals surface area (Å²) < 4.78 is 11.8. The van der Waals surface area contributed by atoms with Crippen LogP contribution in [0.15, 0.2) is 18.2 Å². The number of hydrogen-bond acceptors (Lipinski definition) is 5. The summed E-state index contributed by atoms with van der Waals surface area (Å²) in [5.41, 5.74) is 3.76. The summed E-state index contributed by atoms with van der Waals surface area (Å²) >= 11 is 0. The van der Waals surface area contributed by atoms with Crippen molar-refractivity contribution >= 4 is 17.0 Å². The van der Waals surface area contributed by atoms with Crippen LogP contribution >= 0.6 is 0 Å². The molecule has 2 heterocycles. The first-order valence-electron chi connectivity index (χ1n) is 13.9. The van der Waals surface area contributed by atoms with Crippen molar-refractivity contribution in [2.24, 2.45) is 17.8 Å². The molecule has 0 aliphatic heterocycles. The van der Waals surface area contributed by atoms with E-state index in [0.29, 0.717) is 29.4 Å². The fraction of sp³-hybridized carbons (Fsp3) is 0.621. The van der Waals surface area contributed by atoms with E-state index < -0.39 is 0 Å². The normalized spacial score (nSPS) is 29.8. The number of methoxy groups -OCH3 is 1. The van der Waals surface area contributed by atoms with E-state index in [1.807, 2.05) is 12.1 Å². The summed E-state index contributed by atoms with van der Waals surface area (Å²) in [7, 11) is 1.40. The number of carbonyl (C=O) groups excluding carboxylic acids is 1. The Morgan fingerprint density at radius 2 is 1.72 bits per heavy atom. The molecule has 7 nitrogen and oxygen atoms in total. The summed E-state index contributed by atoms with van der Waals surface area (Å²) in [4.78, 5) is 29.4. The molecule has 4 bridgehead atoms. The number of esters is 1. The fourth-order valence-electron chi connectivity index (χ4n) is 8.15. The van der Waals surface area contributed by atoms with Gasteiger partial charge < -0.3 is 19.4 Å². The maximum atomic E-state index is 12.3. The fourth-order valence-corrected chi connectivity index (χ4v) is 8.15. The highest BCUT2D eigenvalue weighted by atomic mass is 16.5. The van der Waals surface area contributed by atoms with E-state index in [4.69, 9.17) is 19.4 Å². The quantitative estimate of drug-likeness (QED) is 0.399. The molecule has 5 fully saturated rings. The van der Waals surface area contributed by atoms with Gasteiger partial charge in [0.1, 0.15) is 17.0 Å². The van der Waals surface area contributed by atoms with E-state index in [0.717, 1.165) is 40.5 Å². The predicted octanol–water partition coefficient (Wildman–Crippen LogP) is 6.27. The monoisotopic (exact) mass is 488 g/mol. The maximum Gasteiger partial charge on any atom is 0.340 e. The topological polar surface area (TPSA) is 92.9 Å². The molecule has 0 spiro atoms. The van der Waals surface area contributed by atoms with E-state index in [2.05, 4.69) is 9.97 Å². The summed E-state index contributed by atoms with van der Waals surface area (Å²) in [5.74, 6) is 4.37. The van der Waals surface area contributed by atoms with E-state index >= 15 is 0 Å². The van der Waals surface area contributed by atoms with Gasteiger partial charge >= 0.3 is 5.97 Å². The van der Waals surface area contributed by atoms with Crippen molar-refractivity contribution in [3.8, 4) is 11.5 Å². The van der Waals surface area contributed by atoms with Crippen molar-refractivity contribution in [1.29, 1.82) is 0 Å². The van der Waals surface area contributed by atoms with Crippen LogP contribution in [-0.4, -0.2) is 38.6 Å². The maximum absolute atomic E-state index is 12.3. The number of aromatic nitrogens is 4. The molecule has 0 unspecified atom stereocenters. The van der Waals surface area contributed by atoms with Crippen molar-refractivity contribution < 1.29 is 14.3 Å². The van der Waals surface area contributed by atoms with Gasteiger partial charge in [-0.3, -0.25) is 0 Å². The second-order valence-corrected chi connectivity index (χ2v) is 12.0. The lowest BCUT2D eigenvalue weighted by molar-refractivity contribution is -0.169. The number of rotatable bonds is 6. The molecule has 2 aromatic heterocycles. The molecule has 3 aromatic rings. The van der Waals surface area contributed by atoms with E-state index in [-0.39, 0.29) is 11.6 Å². The minimum Gasteiger partial charge on any atom is -0.465 e. The largest absolute Gasteiger partial charge is 0.465 e. The van der Waals surface area contributed by atoms with Crippen LogP contribution in [0.2, 0.25) is 0 Å². The summed E-state index contributed by atoms with van der Waals surface area (Å²) in [6.07, 6.45) is 14.0. The Morgan fingerprint density at radius 1 is 1.00 bits per heavy atom. The lowest BCUT2D eigenvalue weighted by Gasteiger charge is -2.56. The highest BCUT2D eigenvalue weighted by Crippen LogP contribution is 2.57. The third-order valence-corrected chi connectivity index (χ3v) is 9.44. The van der Waals surface area contributed by atoms with Gasteiger partial charge in [0.25, 0.3) is 0 Å². The van der Waals surface area contributed by atoms with Gasteiger partial charge in [0.2, 0.25) is 0 Å². The van der Waals surface area contributed by atoms with Crippen molar-refractivity contribution in [2.75, 3.05) is 7.11 Å². The first-order valence-corrected chi connectivity index (χ1v) is 13.9. The molecular weight excluding hydrogens is 452 g/mol. The third-order valence-electron chi connectivity index (χ3n) is 9.44. The first kappa shape index (κ1) is 22.5. The van der Waals surface area contributed by atoms with Gasteiger partial charge in [-0.05, 0) is 81.3 Å². The third kappa shape index (κ3) is 3.87. The molecule has 36 heavy (non-hydrogen) atoms. The second kappa shape index (κ2) is 8.72. The number of carbonyl (C=O) groups is 1. The number of hydrogen-bond donors (Lipinski definition) is 2. The molecule has 0 radical (unpaired) electrons. The molecule has 0 amide bonds. The number of fused-ring (bicyclic) bond motifs is 1. The minimum absolute atomic E-state index is 0.0358. The number of imidazole rings is 2. The van der Waals surface area contributed by atoms with Gasteiger partial charge in [-0.1, -0.05) is 25.3 Å². The van der Waals surface area contributed by atoms with E-state index in [1.54, 1.807) is 6.07 Å². The van der Waals surface area contributed by atoms with Crippen LogP contribution < -0.4 is 0 Å². The molecule has 5 aliphatic carbocycles. The summed E-state index contributed by atoms with van der Waals surface area (Å²) in [6, 6.07) is 5.55. The average molecular weight is 489 g/mol. The van der Waals surface area contributed by atoms with Gasteiger partial charge in [0, 0.05) is 5.92 Å². The highest BCUT2D eigenvalue weighted by Gasteiger charge is 2.51. The Bertz CT molecular complexity index is 1250. The number of ether oxygens (including phenoxy) is 2. The van der Waals surface area contributed by atoms with Crippen LogP contribution in [0.4, 0.5) is 0 Å². The Morgan fingerprint density at radius 3 is 2.42 bits per heavy atom. The zero-order valence-electron chi connectivity index (χ0n) is 21.1. The van der Waals surface area contributed by atoms with E-state index in [1.165, 1.54) is 77.7 Å². The number of aromatic amines is 2. The molecule has 2 N–H and O–H groups in total. The standard InChI is InChI=1S/C29H36N4O3/c1-35-28(34)21-8-5-9-22-24(21)32-27(30-22)25-23(31-26(33-25)20-6-3-2-4-7-20)16-36-29-13-17-10-18(14-29)12-19(11-17)15-29/h5,8-9,17-20H,2-4,6-7,10-16H2,1H3,(H,30,32)(H,31,33). The molecule has 0 saturated heterocycles. The van der Waals surface area contributed by atoms with Crippen LogP contribution in [-0.2, 0) is 16.1 Å². The van der Waals surface area contributed by atoms with Crippen molar-refractivity contribution in [2.45, 2.75) is 88.8 Å². The van der Waals surface area contributed by atoms with Crippen LogP contribution in [0.25, 0.3) is 22.6 Å². The second-order valence-electron chi connectivity index (χ2n) is 12.0. The number of H-pyrrole nitrogens is 2. The Kier molecular flexibility index (Phi) is 5.45. The Balaban J connectivity index is 1.23. The van der Waals surface area contributed by atoms with Crippen LogP contribution in [0.1, 0.15) is 98.4 Å². The lowest BCUT2D eigenvalue weighted by Crippen LogP contribution is -2.51. The Hall–Kier alpha value is -2.67. The SMILES string of the molecule is COC(=O)c1cccc2[nH]c(-c3nc(C4CCCCC4)[nH]c3COC34CC5CC(CC(C5)C3)C4)nc12. The minimum atomic E-state index is -0.381. The van der Waals surface area contributed by atoms with Gasteiger partial charge in [-0.15, -0.1) is 0 Å². The highest BCUT2D eigenvalue weighted by molar-refractivity contribution is 6.02. The van der Waals surface area contributed by atoms with Crippen molar-refractivity contribution in [3.05, 3.63) is 35.3 Å². The molecule has 7 heteroatoms. The van der Waals surface area contributed by atoms with E-state index in [9.17, 15) is 4.79 Å². The number of nitrogens with zero attached hydrogens (tertiary/aromatic N) is 2. The first-order chi connectivity index (χ1) is 17.6. The van der Waals surface area contributed by atoms with Crippen LogP contribution in [0.3, 0.4) is 0 Å². The van der Waals surface area contributed by atoms with Gasteiger partial charge in [0.05, 0.1) is 36.1 Å². The van der Waals surface area contributed by atoms with Crippen molar-refractivity contribution in [3.63, 3.8) is 0 Å². The molecule has 5 saturated carbocycles. The Labute approximate surface area is 211 Å². The molecule has 5 aliphatic rings.